The van der Waals surface area contributed by atoms with Crippen molar-refractivity contribution in [1.82, 2.24) is 4.98 Å². The van der Waals surface area contributed by atoms with Crippen LogP contribution in [0.15, 0.2) is 41.0 Å². The summed E-state index contributed by atoms with van der Waals surface area (Å²) >= 11 is 3.28. The number of carboxylic acids is 1. The maximum absolute atomic E-state index is 12.5. The third-order valence-corrected chi connectivity index (χ3v) is 3.16. The quantitative estimate of drug-likeness (QED) is 0.869. The van der Waals surface area contributed by atoms with Gasteiger partial charge in [-0.1, -0.05) is 15.9 Å². The normalized spacial score (nSPS) is 10.1. The molecule has 0 saturated carbocycles. The first-order valence-corrected chi connectivity index (χ1v) is 6.40. The summed E-state index contributed by atoms with van der Waals surface area (Å²) in [6.45, 7) is 0. The molecule has 1 aromatic carbocycles. The van der Waals surface area contributed by atoms with Gasteiger partial charge in [-0.25, -0.2) is 9.78 Å². The number of halogens is 1. The molecule has 0 aliphatic rings. The number of carbonyl (C=O) groups excluding carboxylic acids is 1. The Bertz CT molecular complexity index is 685. The summed E-state index contributed by atoms with van der Waals surface area (Å²) in [6.07, 6.45) is 1.33. The van der Waals surface area contributed by atoms with E-state index in [1.54, 1.807) is 18.2 Å². The first kappa shape index (κ1) is 14.2. The zero-order chi connectivity index (χ0) is 14.7. The Morgan fingerprint density at radius 3 is 2.65 bits per heavy atom. The number of nitrogens with zero attached hydrogens (tertiary/aromatic N) is 1. The van der Waals surface area contributed by atoms with Crippen molar-refractivity contribution in [2.75, 3.05) is 7.11 Å². The van der Waals surface area contributed by atoms with Gasteiger partial charge >= 0.3 is 5.97 Å². The monoisotopic (exact) mass is 335 g/mol. The van der Waals surface area contributed by atoms with Crippen LogP contribution in [0.4, 0.5) is 0 Å². The summed E-state index contributed by atoms with van der Waals surface area (Å²) < 4.78 is 5.91. The average Bonchev–Trinajstić information content (AvgIpc) is 2.46. The third-order valence-electron chi connectivity index (χ3n) is 2.66. The second kappa shape index (κ2) is 5.83. The molecule has 0 amide bonds. The lowest BCUT2D eigenvalue weighted by atomic mass is 10.0. The standard InChI is InChI=1S/C14H10BrNO4/c1-20-11-7-8(15)4-5-9(11)13(17)10-3-2-6-16-12(10)14(18)19/h2-7H,1H3,(H,18,19). The van der Waals surface area contributed by atoms with E-state index in [-0.39, 0.29) is 16.8 Å². The van der Waals surface area contributed by atoms with E-state index >= 15 is 0 Å². The van der Waals surface area contributed by atoms with Crippen LogP contribution < -0.4 is 4.74 Å². The van der Waals surface area contributed by atoms with Gasteiger partial charge in [0.2, 0.25) is 0 Å². The highest BCUT2D eigenvalue weighted by molar-refractivity contribution is 9.10. The molecular formula is C14H10BrNO4. The Labute approximate surface area is 123 Å². The van der Waals surface area contributed by atoms with Crippen LogP contribution >= 0.6 is 15.9 Å². The number of carboxylic acid groups (broad SMARTS) is 1. The number of hydrogen-bond donors (Lipinski definition) is 1. The number of aromatic nitrogens is 1. The van der Waals surface area contributed by atoms with E-state index in [0.29, 0.717) is 5.75 Å². The van der Waals surface area contributed by atoms with Crippen molar-refractivity contribution < 1.29 is 19.4 Å². The molecule has 102 valence electrons. The molecule has 2 aromatic rings. The van der Waals surface area contributed by atoms with Gasteiger partial charge in [0.1, 0.15) is 5.75 Å². The number of aromatic carboxylic acids is 1. The topological polar surface area (TPSA) is 76.5 Å². The van der Waals surface area contributed by atoms with Crippen molar-refractivity contribution in [2.24, 2.45) is 0 Å². The van der Waals surface area contributed by atoms with Crippen LogP contribution in [-0.2, 0) is 0 Å². The number of benzene rings is 1. The molecule has 1 heterocycles. The fraction of sp³-hybridized carbons (Fsp3) is 0.0714. The lowest BCUT2D eigenvalue weighted by molar-refractivity contribution is 0.0686. The Balaban J connectivity index is 2.55. The van der Waals surface area contributed by atoms with E-state index in [2.05, 4.69) is 20.9 Å². The molecule has 6 heteroatoms. The van der Waals surface area contributed by atoms with Gasteiger partial charge in [-0.3, -0.25) is 4.79 Å². The van der Waals surface area contributed by atoms with Gasteiger partial charge in [-0.2, -0.15) is 0 Å². The van der Waals surface area contributed by atoms with E-state index in [1.807, 2.05) is 0 Å². The molecule has 0 unspecified atom stereocenters. The summed E-state index contributed by atoms with van der Waals surface area (Å²) in [5, 5.41) is 9.08. The lowest BCUT2D eigenvalue weighted by Crippen LogP contribution is -2.12. The average molecular weight is 336 g/mol. The number of rotatable bonds is 4. The molecule has 0 saturated heterocycles. The molecule has 1 aromatic heterocycles. The minimum atomic E-state index is -1.25. The Kier molecular flexibility index (Phi) is 4.14. The van der Waals surface area contributed by atoms with Crippen LogP contribution in [0, 0.1) is 0 Å². The van der Waals surface area contributed by atoms with Gasteiger partial charge in [0, 0.05) is 10.7 Å². The van der Waals surface area contributed by atoms with Gasteiger partial charge in [0.25, 0.3) is 0 Å². The number of pyridine rings is 1. The summed E-state index contributed by atoms with van der Waals surface area (Å²) in [5.74, 6) is -1.32. The fourth-order valence-corrected chi connectivity index (χ4v) is 2.10. The second-order valence-electron chi connectivity index (χ2n) is 3.88. The zero-order valence-corrected chi connectivity index (χ0v) is 12.0. The van der Waals surface area contributed by atoms with Crippen LogP contribution in [-0.4, -0.2) is 29.0 Å². The number of carbonyl (C=O) groups is 2. The molecule has 0 atom stereocenters. The van der Waals surface area contributed by atoms with E-state index < -0.39 is 11.8 Å². The molecule has 1 N–H and O–H groups in total. The van der Waals surface area contributed by atoms with Crippen molar-refractivity contribution in [1.29, 1.82) is 0 Å². The van der Waals surface area contributed by atoms with E-state index in [9.17, 15) is 9.59 Å². The summed E-state index contributed by atoms with van der Waals surface area (Å²) in [4.78, 5) is 27.3. The SMILES string of the molecule is COc1cc(Br)ccc1C(=O)c1cccnc1C(=O)O. The molecule has 20 heavy (non-hydrogen) atoms. The highest BCUT2D eigenvalue weighted by Gasteiger charge is 2.21. The first-order valence-electron chi connectivity index (χ1n) is 5.61. The molecule has 0 aliphatic carbocycles. The van der Waals surface area contributed by atoms with Crippen molar-refractivity contribution in [3.63, 3.8) is 0 Å². The molecule has 0 aliphatic heterocycles. The number of methoxy groups -OCH3 is 1. The Morgan fingerprint density at radius 1 is 1.25 bits per heavy atom. The van der Waals surface area contributed by atoms with Gasteiger partial charge in [0.05, 0.1) is 18.2 Å². The van der Waals surface area contributed by atoms with Crippen molar-refractivity contribution in [2.45, 2.75) is 0 Å². The van der Waals surface area contributed by atoms with Crippen LogP contribution in [0.2, 0.25) is 0 Å². The lowest BCUT2D eigenvalue weighted by Gasteiger charge is -2.09. The number of hydrogen-bond acceptors (Lipinski definition) is 4. The van der Waals surface area contributed by atoms with Crippen LogP contribution in [0.1, 0.15) is 26.4 Å². The summed E-state index contributed by atoms with van der Waals surface area (Å²) in [7, 11) is 1.44. The fourth-order valence-electron chi connectivity index (χ4n) is 1.76. The predicted molar refractivity (Wildman–Crippen MR) is 75.3 cm³/mol. The highest BCUT2D eigenvalue weighted by atomic mass is 79.9. The largest absolute Gasteiger partial charge is 0.496 e. The van der Waals surface area contributed by atoms with Gasteiger partial charge in [0.15, 0.2) is 11.5 Å². The van der Waals surface area contributed by atoms with E-state index in [0.717, 1.165) is 4.47 Å². The smallest absolute Gasteiger partial charge is 0.355 e. The Hall–Kier alpha value is -2.21. The summed E-state index contributed by atoms with van der Waals surface area (Å²) in [5.41, 5.74) is 0.0364. The van der Waals surface area contributed by atoms with E-state index in [1.165, 1.54) is 25.4 Å². The van der Waals surface area contributed by atoms with Crippen LogP contribution in [0.25, 0.3) is 0 Å². The number of ketones is 1. The maximum atomic E-state index is 12.5. The molecule has 0 spiro atoms. The molecular weight excluding hydrogens is 326 g/mol. The van der Waals surface area contributed by atoms with Crippen molar-refractivity contribution >= 4 is 27.7 Å². The molecule has 0 bridgehead atoms. The van der Waals surface area contributed by atoms with Gasteiger partial charge in [-0.05, 0) is 30.3 Å². The van der Waals surface area contributed by atoms with Crippen molar-refractivity contribution in [3.8, 4) is 5.75 Å². The number of ether oxygens (including phenoxy) is 1. The van der Waals surface area contributed by atoms with Crippen LogP contribution in [0.3, 0.4) is 0 Å². The second-order valence-corrected chi connectivity index (χ2v) is 4.79. The van der Waals surface area contributed by atoms with Gasteiger partial charge < -0.3 is 9.84 Å². The van der Waals surface area contributed by atoms with Gasteiger partial charge in [-0.15, -0.1) is 0 Å². The third kappa shape index (κ3) is 2.70. The maximum Gasteiger partial charge on any atom is 0.355 e. The molecule has 0 radical (unpaired) electrons. The highest BCUT2D eigenvalue weighted by Crippen LogP contribution is 2.26. The predicted octanol–water partition coefficient (Wildman–Crippen LogP) is 2.78. The Morgan fingerprint density at radius 2 is 2.00 bits per heavy atom. The van der Waals surface area contributed by atoms with Crippen molar-refractivity contribution in [3.05, 3.63) is 57.8 Å². The first-order chi connectivity index (χ1) is 9.54. The minimum Gasteiger partial charge on any atom is -0.496 e. The zero-order valence-electron chi connectivity index (χ0n) is 10.5. The molecule has 2 rings (SSSR count). The molecule has 5 nitrogen and oxygen atoms in total. The minimum absolute atomic E-state index is 0.0284. The van der Waals surface area contributed by atoms with Crippen LogP contribution in [0.5, 0.6) is 5.75 Å². The van der Waals surface area contributed by atoms with E-state index in [4.69, 9.17) is 9.84 Å². The summed E-state index contributed by atoms with van der Waals surface area (Å²) in [6, 6.07) is 7.85. The molecule has 0 fully saturated rings.